The summed E-state index contributed by atoms with van der Waals surface area (Å²) in [4.78, 5) is 24.9. The predicted molar refractivity (Wildman–Crippen MR) is 76.9 cm³/mol. The number of carbonyl (C=O) groups is 2. The van der Waals surface area contributed by atoms with Crippen molar-refractivity contribution in [2.75, 3.05) is 19.7 Å². The first-order valence-corrected chi connectivity index (χ1v) is 7.03. The molecule has 2 rings (SSSR count). The van der Waals surface area contributed by atoms with Crippen LogP contribution in [0.5, 0.6) is 0 Å². The van der Waals surface area contributed by atoms with Crippen molar-refractivity contribution < 1.29 is 19.8 Å². The minimum atomic E-state index is -1.05. The largest absolute Gasteiger partial charge is 0.480 e. The minimum Gasteiger partial charge on any atom is -0.480 e. The number of nitrogens with zero attached hydrogens (tertiary/aromatic N) is 1. The molecule has 0 radical (unpaired) electrons. The summed E-state index contributed by atoms with van der Waals surface area (Å²) in [7, 11) is 0. The zero-order chi connectivity index (χ0) is 15.2. The smallest absolute Gasteiger partial charge is 0.326 e. The van der Waals surface area contributed by atoms with Crippen molar-refractivity contribution in [1.29, 1.82) is 0 Å². The molecule has 1 saturated heterocycles. The zero-order valence-corrected chi connectivity index (χ0v) is 11.7. The number of likely N-dealkylation sites (tertiary alicyclic amines) is 1. The summed E-state index contributed by atoms with van der Waals surface area (Å²) >= 11 is 0. The van der Waals surface area contributed by atoms with Crippen molar-refractivity contribution in [3.05, 3.63) is 35.9 Å². The van der Waals surface area contributed by atoms with E-state index in [1.165, 1.54) is 0 Å². The van der Waals surface area contributed by atoms with Gasteiger partial charge in [0.25, 0.3) is 0 Å². The molecular weight excluding hydrogens is 272 g/mol. The van der Waals surface area contributed by atoms with Gasteiger partial charge in [0.05, 0.1) is 0 Å². The van der Waals surface area contributed by atoms with Gasteiger partial charge in [-0.2, -0.15) is 0 Å². The van der Waals surface area contributed by atoms with Crippen LogP contribution in [0, 0.1) is 5.92 Å². The lowest BCUT2D eigenvalue weighted by Gasteiger charge is -2.21. The number of amides is 2. The fourth-order valence-electron chi connectivity index (χ4n) is 2.46. The number of rotatable bonds is 5. The van der Waals surface area contributed by atoms with Gasteiger partial charge < -0.3 is 20.4 Å². The van der Waals surface area contributed by atoms with Gasteiger partial charge in [-0.25, -0.2) is 9.59 Å². The van der Waals surface area contributed by atoms with Crippen LogP contribution in [0.3, 0.4) is 0 Å². The van der Waals surface area contributed by atoms with E-state index in [4.69, 9.17) is 5.11 Å². The Morgan fingerprint density at radius 1 is 1.33 bits per heavy atom. The molecule has 0 aromatic heterocycles. The second kappa shape index (κ2) is 7.08. The Morgan fingerprint density at radius 2 is 2.05 bits per heavy atom. The van der Waals surface area contributed by atoms with E-state index in [-0.39, 0.29) is 25.0 Å². The molecule has 1 aromatic rings. The highest BCUT2D eigenvalue weighted by Crippen LogP contribution is 2.15. The molecule has 1 heterocycles. The van der Waals surface area contributed by atoms with E-state index in [1.807, 2.05) is 30.3 Å². The number of benzene rings is 1. The summed E-state index contributed by atoms with van der Waals surface area (Å²) in [5.74, 6) is -0.960. The Bertz CT molecular complexity index is 492. The molecule has 3 N–H and O–H groups in total. The third-order valence-electron chi connectivity index (χ3n) is 3.71. The van der Waals surface area contributed by atoms with E-state index in [2.05, 4.69) is 5.32 Å². The Labute approximate surface area is 123 Å². The molecule has 0 saturated carbocycles. The lowest BCUT2D eigenvalue weighted by Crippen LogP contribution is -2.48. The standard InChI is InChI=1S/C15H20N2O4/c18-10-12-6-7-17(9-12)15(21)16-13(14(19)20)8-11-4-2-1-3-5-11/h1-5,12-13,18H,6-10H2,(H,16,21)(H,19,20)/t12?,13-/m0/s1. The maximum Gasteiger partial charge on any atom is 0.326 e. The van der Waals surface area contributed by atoms with Gasteiger partial charge in [-0.15, -0.1) is 0 Å². The molecule has 21 heavy (non-hydrogen) atoms. The van der Waals surface area contributed by atoms with Crippen LogP contribution in [-0.4, -0.2) is 52.9 Å². The minimum absolute atomic E-state index is 0.0517. The third-order valence-corrected chi connectivity index (χ3v) is 3.71. The number of carboxylic acid groups (broad SMARTS) is 1. The normalized spacial score (nSPS) is 19.3. The molecule has 0 aliphatic carbocycles. The average molecular weight is 292 g/mol. The molecule has 1 unspecified atom stereocenters. The van der Waals surface area contributed by atoms with Gasteiger partial charge in [0, 0.05) is 32.0 Å². The average Bonchev–Trinajstić information content (AvgIpc) is 2.96. The van der Waals surface area contributed by atoms with Gasteiger partial charge in [0.15, 0.2) is 0 Å². The van der Waals surface area contributed by atoms with Crippen LogP contribution in [0.4, 0.5) is 4.79 Å². The van der Waals surface area contributed by atoms with E-state index in [9.17, 15) is 14.7 Å². The molecule has 114 valence electrons. The highest BCUT2D eigenvalue weighted by Gasteiger charge is 2.28. The molecule has 2 atom stereocenters. The van der Waals surface area contributed by atoms with Crippen molar-refractivity contribution in [3.8, 4) is 0 Å². The Hall–Kier alpha value is -2.08. The lowest BCUT2D eigenvalue weighted by atomic mass is 10.1. The van der Waals surface area contributed by atoms with Gasteiger partial charge in [-0.05, 0) is 12.0 Å². The van der Waals surface area contributed by atoms with Crippen LogP contribution < -0.4 is 5.32 Å². The summed E-state index contributed by atoms with van der Waals surface area (Å²) in [6.07, 6.45) is 1.000. The second-order valence-electron chi connectivity index (χ2n) is 5.31. The number of aliphatic hydroxyl groups is 1. The number of hydrogen-bond donors (Lipinski definition) is 3. The lowest BCUT2D eigenvalue weighted by molar-refractivity contribution is -0.139. The van der Waals surface area contributed by atoms with E-state index in [1.54, 1.807) is 4.90 Å². The zero-order valence-electron chi connectivity index (χ0n) is 11.7. The molecular formula is C15H20N2O4. The van der Waals surface area contributed by atoms with Crippen LogP contribution >= 0.6 is 0 Å². The molecule has 1 aromatic carbocycles. The van der Waals surface area contributed by atoms with Crippen molar-refractivity contribution in [1.82, 2.24) is 10.2 Å². The van der Waals surface area contributed by atoms with E-state index >= 15 is 0 Å². The second-order valence-corrected chi connectivity index (χ2v) is 5.31. The Balaban J connectivity index is 1.94. The summed E-state index contributed by atoms with van der Waals surface area (Å²) in [6.45, 7) is 1.07. The van der Waals surface area contributed by atoms with E-state index < -0.39 is 12.0 Å². The maximum absolute atomic E-state index is 12.1. The van der Waals surface area contributed by atoms with Gasteiger partial charge in [0.1, 0.15) is 6.04 Å². The first kappa shape index (κ1) is 15.3. The highest BCUT2D eigenvalue weighted by molar-refractivity contribution is 5.83. The fraction of sp³-hybridized carbons (Fsp3) is 0.467. The molecule has 1 fully saturated rings. The monoisotopic (exact) mass is 292 g/mol. The highest BCUT2D eigenvalue weighted by atomic mass is 16.4. The van der Waals surface area contributed by atoms with Crippen molar-refractivity contribution in [2.24, 2.45) is 5.92 Å². The molecule has 1 aliphatic rings. The molecule has 2 amide bonds. The number of carbonyl (C=O) groups excluding carboxylic acids is 1. The van der Waals surface area contributed by atoms with E-state index in [0.717, 1.165) is 12.0 Å². The van der Waals surface area contributed by atoms with E-state index in [0.29, 0.717) is 13.1 Å². The quantitative estimate of drug-likeness (QED) is 0.745. The SMILES string of the molecule is O=C(O)[C@H](Cc1ccccc1)NC(=O)N1CCC(CO)C1. The summed E-state index contributed by atoms with van der Waals surface area (Å²) in [6, 6.07) is 7.86. The number of carboxylic acids is 1. The van der Waals surface area contributed by atoms with Crippen LogP contribution in [-0.2, 0) is 11.2 Å². The van der Waals surface area contributed by atoms with Gasteiger partial charge in [-0.3, -0.25) is 0 Å². The first-order valence-electron chi connectivity index (χ1n) is 7.03. The molecule has 1 aliphatic heterocycles. The number of urea groups is 1. The Morgan fingerprint density at radius 3 is 2.62 bits per heavy atom. The van der Waals surface area contributed by atoms with Crippen LogP contribution in [0.1, 0.15) is 12.0 Å². The van der Waals surface area contributed by atoms with Crippen molar-refractivity contribution in [2.45, 2.75) is 18.9 Å². The summed E-state index contributed by atoms with van der Waals surface area (Å²) in [5, 5.41) is 20.9. The number of hydrogen-bond acceptors (Lipinski definition) is 3. The first-order chi connectivity index (χ1) is 10.1. The topological polar surface area (TPSA) is 89.9 Å². The summed E-state index contributed by atoms with van der Waals surface area (Å²) in [5.41, 5.74) is 0.861. The van der Waals surface area contributed by atoms with Crippen molar-refractivity contribution in [3.63, 3.8) is 0 Å². The van der Waals surface area contributed by atoms with Gasteiger partial charge in [0.2, 0.25) is 0 Å². The fourth-order valence-corrected chi connectivity index (χ4v) is 2.46. The predicted octanol–water partition coefficient (Wildman–Crippen LogP) is 0.706. The van der Waals surface area contributed by atoms with Gasteiger partial charge >= 0.3 is 12.0 Å². The molecule has 0 spiro atoms. The van der Waals surface area contributed by atoms with Gasteiger partial charge in [-0.1, -0.05) is 30.3 Å². The van der Waals surface area contributed by atoms with Crippen molar-refractivity contribution >= 4 is 12.0 Å². The number of nitrogens with one attached hydrogen (secondary N) is 1. The molecule has 0 bridgehead atoms. The number of aliphatic carboxylic acids is 1. The third kappa shape index (κ3) is 4.19. The Kier molecular flexibility index (Phi) is 5.16. The van der Waals surface area contributed by atoms with Crippen LogP contribution in [0.2, 0.25) is 0 Å². The maximum atomic E-state index is 12.1. The summed E-state index contributed by atoms with van der Waals surface area (Å²) < 4.78 is 0. The number of aliphatic hydroxyl groups excluding tert-OH is 1. The van der Waals surface area contributed by atoms with Crippen LogP contribution in [0.25, 0.3) is 0 Å². The molecule has 6 heteroatoms. The van der Waals surface area contributed by atoms with Crippen LogP contribution in [0.15, 0.2) is 30.3 Å². The molecule has 6 nitrogen and oxygen atoms in total.